The van der Waals surface area contributed by atoms with Crippen LogP contribution >= 0.6 is 0 Å². The number of carbonyl (C=O) groups is 2. The fraction of sp³-hybridized carbons (Fsp3) is 0.0909. The number of rotatable bonds is 5. The maximum atomic E-state index is 12.9. The van der Waals surface area contributed by atoms with Gasteiger partial charge >= 0.3 is 0 Å². The molecule has 2 aromatic heterocycles. The van der Waals surface area contributed by atoms with Gasteiger partial charge in [0.2, 0.25) is 17.7 Å². The van der Waals surface area contributed by atoms with Crippen molar-refractivity contribution in [2.24, 2.45) is 0 Å². The van der Waals surface area contributed by atoms with E-state index in [0.717, 1.165) is 5.56 Å². The summed E-state index contributed by atoms with van der Waals surface area (Å²) in [6, 6.07) is 17.8. The second-order valence-electron chi connectivity index (χ2n) is 6.61. The van der Waals surface area contributed by atoms with E-state index in [9.17, 15) is 9.59 Å². The summed E-state index contributed by atoms with van der Waals surface area (Å²) in [6.07, 6.45) is 0. The lowest BCUT2D eigenvalue weighted by molar-refractivity contribution is -0.114. The average molecular weight is 402 g/mol. The first kappa shape index (κ1) is 19.1. The summed E-state index contributed by atoms with van der Waals surface area (Å²) in [5.41, 5.74) is 2.76. The summed E-state index contributed by atoms with van der Waals surface area (Å²) >= 11 is 0. The van der Waals surface area contributed by atoms with Crippen LogP contribution in [0.2, 0.25) is 0 Å². The molecule has 0 aliphatic heterocycles. The largest absolute Gasteiger partial charge is 0.435 e. The van der Waals surface area contributed by atoms with Crippen LogP contribution in [-0.4, -0.2) is 22.0 Å². The maximum Gasteiger partial charge on any atom is 0.280 e. The number of hydrogen-bond donors (Lipinski definition) is 2. The first-order valence-corrected chi connectivity index (χ1v) is 9.18. The van der Waals surface area contributed by atoms with Crippen LogP contribution in [0.4, 0.5) is 11.6 Å². The van der Waals surface area contributed by atoms with Gasteiger partial charge in [-0.15, -0.1) is 0 Å². The average Bonchev–Trinajstić information content (AvgIpc) is 3.35. The molecule has 30 heavy (non-hydrogen) atoms. The monoisotopic (exact) mass is 402 g/mol. The molecule has 0 aliphatic rings. The summed E-state index contributed by atoms with van der Waals surface area (Å²) in [6.45, 7) is 3.19. The third-order valence-corrected chi connectivity index (χ3v) is 4.20. The molecule has 8 heteroatoms. The number of benzene rings is 2. The molecule has 2 aromatic carbocycles. The van der Waals surface area contributed by atoms with Crippen molar-refractivity contribution in [3.8, 4) is 22.8 Å². The topological polar surface area (TPSA) is 110 Å². The standard InChI is InChI=1S/C22H18N4O4/c1-13-12-18(30-26-13)24-21(28)19-20(15-8-10-17(11-9-15)23-14(2)27)29-22(25-19)16-6-4-3-5-7-16/h3-12H,1-2H3,(H,23,27)(H,24,28). The van der Waals surface area contributed by atoms with Crippen molar-refractivity contribution >= 4 is 23.4 Å². The Labute approximate surface area is 171 Å². The molecule has 2 amide bonds. The Morgan fingerprint density at radius 1 is 0.933 bits per heavy atom. The number of amides is 2. The molecule has 0 saturated heterocycles. The van der Waals surface area contributed by atoms with Gasteiger partial charge in [-0.3, -0.25) is 14.9 Å². The highest BCUT2D eigenvalue weighted by molar-refractivity contribution is 6.06. The highest BCUT2D eigenvalue weighted by Crippen LogP contribution is 2.31. The highest BCUT2D eigenvalue weighted by Gasteiger charge is 2.23. The van der Waals surface area contributed by atoms with E-state index in [1.807, 2.05) is 30.3 Å². The van der Waals surface area contributed by atoms with Crippen LogP contribution in [-0.2, 0) is 4.79 Å². The zero-order valence-electron chi connectivity index (χ0n) is 16.3. The van der Waals surface area contributed by atoms with Gasteiger partial charge in [0.05, 0.1) is 5.69 Å². The molecule has 0 aliphatic carbocycles. The lowest BCUT2D eigenvalue weighted by atomic mass is 10.1. The van der Waals surface area contributed by atoms with E-state index in [1.54, 1.807) is 37.3 Å². The molecule has 4 rings (SSSR count). The van der Waals surface area contributed by atoms with Gasteiger partial charge < -0.3 is 14.3 Å². The van der Waals surface area contributed by atoms with Crippen molar-refractivity contribution in [2.45, 2.75) is 13.8 Å². The van der Waals surface area contributed by atoms with E-state index in [2.05, 4.69) is 20.8 Å². The zero-order chi connectivity index (χ0) is 21.1. The molecule has 0 bridgehead atoms. The number of anilines is 2. The Morgan fingerprint density at radius 2 is 1.67 bits per heavy atom. The molecule has 4 aromatic rings. The minimum atomic E-state index is -0.488. The molecule has 150 valence electrons. The molecule has 0 atom stereocenters. The third-order valence-electron chi connectivity index (χ3n) is 4.20. The van der Waals surface area contributed by atoms with Crippen LogP contribution in [0.3, 0.4) is 0 Å². The van der Waals surface area contributed by atoms with Crippen LogP contribution in [0.5, 0.6) is 0 Å². The van der Waals surface area contributed by atoms with Crippen molar-refractivity contribution in [3.05, 3.63) is 72.1 Å². The molecule has 2 N–H and O–H groups in total. The molecule has 0 radical (unpaired) electrons. The molecule has 0 spiro atoms. The van der Waals surface area contributed by atoms with E-state index < -0.39 is 5.91 Å². The van der Waals surface area contributed by atoms with Crippen molar-refractivity contribution in [2.75, 3.05) is 10.6 Å². The normalized spacial score (nSPS) is 10.6. The number of oxazole rings is 1. The Morgan fingerprint density at radius 3 is 2.30 bits per heavy atom. The van der Waals surface area contributed by atoms with E-state index >= 15 is 0 Å². The Bertz CT molecular complexity index is 1190. The molecule has 2 heterocycles. The van der Waals surface area contributed by atoms with E-state index in [4.69, 9.17) is 8.94 Å². The van der Waals surface area contributed by atoms with Crippen molar-refractivity contribution in [3.63, 3.8) is 0 Å². The van der Waals surface area contributed by atoms with Crippen LogP contribution in [0.25, 0.3) is 22.8 Å². The second kappa shape index (κ2) is 8.04. The number of hydrogen-bond acceptors (Lipinski definition) is 6. The van der Waals surface area contributed by atoms with Crippen molar-refractivity contribution < 1.29 is 18.5 Å². The minimum Gasteiger partial charge on any atom is -0.435 e. The Balaban J connectivity index is 1.72. The smallest absolute Gasteiger partial charge is 0.280 e. The summed E-state index contributed by atoms with van der Waals surface area (Å²) in [5, 5.41) is 9.11. The quantitative estimate of drug-likeness (QED) is 0.508. The number of nitrogens with zero attached hydrogens (tertiary/aromatic N) is 2. The Hall–Kier alpha value is -4.20. The molecule has 0 fully saturated rings. The zero-order valence-corrected chi connectivity index (χ0v) is 16.3. The molecule has 8 nitrogen and oxygen atoms in total. The molecular formula is C22H18N4O4. The summed E-state index contributed by atoms with van der Waals surface area (Å²) in [5.74, 6) is 0.176. The van der Waals surface area contributed by atoms with Gasteiger partial charge in [0.15, 0.2) is 11.5 Å². The van der Waals surface area contributed by atoms with Crippen LogP contribution in [0, 0.1) is 6.92 Å². The van der Waals surface area contributed by atoms with Crippen molar-refractivity contribution in [1.29, 1.82) is 0 Å². The predicted molar refractivity (Wildman–Crippen MR) is 111 cm³/mol. The first-order valence-electron chi connectivity index (χ1n) is 9.18. The third kappa shape index (κ3) is 4.12. The number of aromatic nitrogens is 2. The van der Waals surface area contributed by atoms with Gasteiger partial charge in [-0.1, -0.05) is 23.4 Å². The predicted octanol–water partition coefficient (Wildman–Crippen LogP) is 4.52. The SMILES string of the molecule is CC(=O)Nc1ccc(-c2oc(-c3ccccc3)nc2C(=O)Nc2cc(C)no2)cc1. The highest BCUT2D eigenvalue weighted by atomic mass is 16.5. The van der Waals surface area contributed by atoms with Crippen molar-refractivity contribution in [1.82, 2.24) is 10.1 Å². The minimum absolute atomic E-state index is 0.107. The lowest BCUT2D eigenvalue weighted by Crippen LogP contribution is -2.13. The molecular weight excluding hydrogens is 384 g/mol. The summed E-state index contributed by atoms with van der Waals surface area (Å²) in [7, 11) is 0. The fourth-order valence-corrected chi connectivity index (χ4v) is 2.88. The van der Waals surface area contributed by atoms with E-state index in [1.165, 1.54) is 6.92 Å². The maximum absolute atomic E-state index is 12.9. The second-order valence-corrected chi connectivity index (χ2v) is 6.61. The van der Waals surface area contributed by atoms with Crippen LogP contribution in [0.1, 0.15) is 23.1 Å². The summed E-state index contributed by atoms with van der Waals surface area (Å²) in [4.78, 5) is 28.6. The fourth-order valence-electron chi connectivity index (χ4n) is 2.88. The molecule has 0 unspecified atom stereocenters. The summed E-state index contributed by atoms with van der Waals surface area (Å²) < 4.78 is 11.0. The number of carbonyl (C=O) groups excluding carboxylic acids is 2. The van der Waals surface area contributed by atoms with E-state index in [0.29, 0.717) is 28.6 Å². The van der Waals surface area contributed by atoms with Gasteiger partial charge in [-0.2, -0.15) is 0 Å². The van der Waals surface area contributed by atoms with Gasteiger partial charge in [0.25, 0.3) is 5.91 Å². The van der Waals surface area contributed by atoms with Crippen LogP contribution < -0.4 is 10.6 Å². The van der Waals surface area contributed by atoms with E-state index in [-0.39, 0.29) is 17.5 Å². The molecule has 0 saturated carbocycles. The van der Waals surface area contributed by atoms with Crippen LogP contribution in [0.15, 0.2) is 69.6 Å². The number of nitrogens with one attached hydrogen (secondary N) is 2. The first-order chi connectivity index (χ1) is 14.5. The lowest BCUT2D eigenvalue weighted by Gasteiger charge is -2.04. The Kier molecular flexibility index (Phi) is 5.13. The van der Waals surface area contributed by atoms with Gasteiger partial charge in [0, 0.05) is 29.8 Å². The van der Waals surface area contributed by atoms with Gasteiger partial charge in [0.1, 0.15) is 0 Å². The van der Waals surface area contributed by atoms with Gasteiger partial charge in [-0.25, -0.2) is 4.98 Å². The van der Waals surface area contributed by atoms with Gasteiger partial charge in [-0.05, 0) is 43.3 Å². The number of aryl methyl sites for hydroxylation is 1.